The number of anilines is 2. The lowest BCUT2D eigenvalue weighted by Crippen LogP contribution is -2.31. The first kappa shape index (κ1) is 21.9. The Morgan fingerprint density at radius 3 is 2.80 bits per heavy atom. The summed E-state index contributed by atoms with van der Waals surface area (Å²) in [6.07, 6.45) is 9.96. The van der Waals surface area contributed by atoms with Gasteiger partial charge in [-0.15, -0.1) is 0 Å². The maximum Gasteiger partial charge on any atom is 0.303 e. The molecule has 2 N–H and O–H groups in total. The molecule has 0 aromatic carbocycles. The van der Waals surface area contributed by atoms with Crippen LogP contribution in [-0.4, -0.2) is 37.0 Å². The lowest BCUT2D eigenvalue weighted by Gasteiger charge is -2.28. The average molecular weight is 472 g/mol. The number of pyridine rings is 2. The fourth-order valence-electron chi connectivity index (χ4n) is 5.45. The summed E-state index contributed by atoms with van der Waals surface area (Å²) in [5.41, 5.74) is 3.81. The van der Waals surface area contributed by atoms with Crippen LogP contribution in [0, 0.1) is 5.92 Å². The first-order chi connectivity index (χ1) is 17.1. The molecule has 1 saturated carbocycles. The standard InChI is InChI=1S/C26H29N7O2/c1-15-3-6-18(7-4-15)33-21-13-27-10-9-19(21)20-12-29-26(32-25(20)33)31-23-8-5-17-11-28-14-22(24(17)30-23)35-16(2)34/h5,8-10,12-13,15,18,22,28H,3-4,6-7,11,14H2,1-2H3,(H,29,30,31,32)/t15-,18-,22?. The van der Waals surface area contributed by atoms with Crippen LogP contribution >= 0.6 is 0 Å². The minimum Gasteiger partial charge on any atom is -0.455 e. The van der Waals surface area contributed by atoms with Crippen molar-refractivity contribution in [2.75, 3.05) is 11.9 Å². The summed E-state index contributed by atoms with van der Waals surface area (Å²) in [7, 11) is 0. The summed E-state index contributed by atoms with van der Waals surface area (Å²) >= 11 is 0. The first-order valence-electron chi connectivity index (χ1n) is 12.3. The molecule has 1 fully saturated rings. The number of hydrogen-bond donors (Lipinski definition) is 2. The minimum absolute atomic E-state index is 0.321. The van der Waals surface area contributed by atoms with Gasteiger partial charge in [-0.1, -0.05) is 13.0 Å². The van der Waals surface area contributed by atoms with E-state index in [1.54, 1.807) is 0 Å². The molecule has 0 amide bonds. The van der Waals surface area contributed by atoms with Gasteiger partial charge < -0.3 is 19.9 Å². The van der Waals surface area contributed by atoms with Gasteiger partial charge in [0.2, 0.25) is 5.95 Å². The van der Waals surface area contributed by atoms with Crippen molar-refractivity contribution in [3.05, 3.63) is 48.0 Å². The van der Waals surface area contributed by atoms with E-state index in [1.165, 1.54) is 19.8 Å². The summed E-state index contributed by atoms with van der Waals surface area (Å²) in [6.45, 7) is 4.99. The lowest BCUT2D eigenvalue weighted by molar-refractivity contribution is -0.147. The second kappa shape index (κ2) is 8.88. The van der Waals surface area contributed by atoms with Crippen molar-refractivity contribution in [3.8, 4) is 0 Å². The van der Waals surface area contributed by atoms with Crippen molar-refractivity contribution in [3.63, 3.8) is 0 Å². The predicted molar refractivity (Wildman–Crippen MR) is 133 cm³/mol. The van der Waals surface area contributed by atoms with Crippen molar-refractivity contribution < 1.29 is 9.53 Å². The van der Waals surface area contributed by atoms with Crippen molar-refractivity contribution >= 4 is 39.7 Å². The first-order valence-corrected chi connectivity index (χ1v) is 12.3. The quantitative estimate of drug-likeness (QED) is 0.417. The zero-order chi connectivity index (χ0) is 23.9. The highest BCUT2D eigenvalue weighted by molar-refractivity contribution is 6.06. The van der Waals surface area contributed by atoms with Crippen LogP contribution in [0.15, 0.2) is 36.8 Å². The van der Waals surface area contributed by atoms with E-state index in [9.17, 15) is 4.79 Å². The van der Waals surface area contributed by atoms with Crippen LogP contribution in [0.1, 0.15) is 62.9 Å². The Kier molecular flexibility index (Phi) is 5.56. The highest BCUT2D eigenvalue weighted by Gasteiger charge is 2.26. The van der Waals surface area contributed by atoms with Crippen molar-refractivity contribution in [1.29, 1.82) is 0 Å². The molecule has 1 aliphatic heterocycles. The van der Waals surface area contributed by atoms with Crippen LogP contribution in [0.25, 0.3) is 21.9 Å². The molecule has 0 radical (unpaired) electrons. The molecule has 1 unspecified atom stereocenters. The molecule has 0 saturated heterocycles. The second-order valence-electron chi connectivity index (χ2n) is 9.70. The van der Waals surface area contributed by atoms with Gasteiger partial charge in [0, 0.05) is 49.2 Å². The zero-order valence-electron chi connectivity index (χ0n) is 20.0. The molecule has 180 valence electrons. The van der Waals surface area contributed by atoms with E-state index in [0.717, 1.165) is 52.0 Å². The summed E-state index contributed by atoms with van der Waals surface area (Å²) in [6, 6.07) is 6.35. The number of aromatic nitrogens is 5. The number of nitrogens with zero attached hydrogens (tertiary/aromatic N) is 5. The highest BCUT2D eigenvalue weighted by atomic mass is 16.5. The van der Waals surface area contributed by atoms with E-state index in [0.29, 0.717) is 30.9 Å². The van der Waals surface area contributed by atoms with Gasteiger partial charge in [-0.25, -0.2) is 9.97 Å². The number of hydrogen-bond acceptors (Lipinski definition) is 8. The zero-order valence-corrected chi connectivity index (χ0v) is 20.0. The van der Waals surface area contributed by atoms with Crippen molar-refractivity contribution in [2.24, 2.45) is 5.92 Å². The molecular weight excluding hydrogens is 442 g/mol. The maximum atomic E-state index is 11.6. The van der Waals surface area contributed by atoms with E-state index in [2.05, 4.69) is 32.1 Å². The second-order valence-corrected chi connectivity index (χ2v) is 9.70. The van der Waals surface area contributed by atoms with Crippen LogP contribution in [0.4, 0.5) is 11.8 Å². The van der Waals surface area contributed by atoms with Gasteiger partial charge in [0.15, 0.2) is 6.10 Å². The largest absolute Gasteiger partial charge is 0.455 e. The molecule has 0 spiro atoms. The summed E-state index contributed by atoms with van der Waals surface area (Å²) in [4.78, 5) is 30.3. The Bertz CT molecular complexity index is 1410. The third kappa shape index (κ3) is 4.10. The molecule has 9 nitrogen and oxygen atoms in total. The average Bonchev–Trinajstić information content (AvgIpc) is 3.18. The van der Waals surface area contributed by atoms with E-state index >= 15 is 0 Å². The molecular formula is C26H29N7O2. The number of rotatable bonds is 4. The maximum absolute atomic E-state index is 11.6. The summed E-state index contributed by atoms with van der Waals surface area (Å²) < 4.78 is 7.83. The fraction of sp³-hybridized carbons (Fsp3) is 0.423. The normalized spacial score (nSPS) is 22.2. The van der Waals surface area contributed by atoms with Gasteiger partial charge in [-0.3, -0.25) is 9.78 Å². The molecule has 4 aromatic rings. The number of carbonyl (C=O) groups excluding carboxylic acids is 1. The highest BCUT2D eigenvalue weighted by Crippen LogP contribution is 2.38. The molecule has 0 bridgehead atoms. The van der Waals surface area contributed by atoms with Gasteiger partial charge in [-0.05, 0) is 49.3 Å². The van der Waals surface area contributed by atoms with Crippen LogP contribution in [-0.2, 0) is 16.1 Å². The van der Waals surface area contributed by atoms with Gasteiger partial charge in [0.05, 0.1) is 17.4 Å². The van der Waals surface area contributed by atoms with Gasteiger partial charge in [-0.2, -0.15) is 4.98 Å². The minimum atomic E-state index is -0.412. The smallest absolute Gasteiger partial charge is 0.303 e. The molecule has 5 heterocycles. The SMILES string of the molecule is CC(=O)OC1CNCc2ccc(Nc3ncc4c5ccncc5n([C@H]5CC[C@H](C)CC5)c4n3)nc21. The monoisotopic (exact) mass is 471 g/mol. The number of carbonyl (C=O) groups is 1. The molecule has 1 aliphatic carbocycles. The van der Waals surface area contributed by atoms with Crippen molar-refractivity contribution in [2.45, 2.75) is 58.2 Å². The number of esters is 1. The fourth-order valence-corrected chi connectivity index (χ4v) is 5.45. The summed E-state index contributed by atoms with van der Waals surface area (Å²) in [5, 5.41) is 8.71. The molecule has 35 heavy (non-hydrogen) atoms. The molecule has 9 heteroatoms. The van der Waals surface area contributed by atoms with Crippen molar-refractivity contribution in [1.82, 2.24) is 29.8 Å². The topological polar surface area (TPSA) is 107 Å². The number of ether oxygens (including phenoxy) is 1. The van der Waals surface area contributed by atoms with Gasteiger partial charge >= 0.3 is 5.97 Å². The van der Waals surface area contributed by atoms with E-state index in [4.69, 9.17) is 14.7 Å². The van der Waals surface area contributed by atoms with Crippen LogP contribution in [0.3, 0.4) is 0 Å². The van der Waals surface area contributed by atoms with E-state index < -0.39 is 6.10 Å². The van der Waals surface area contributed by atoms with E-state index in [1.807, 2.05) is 36.8 Å². The third-order valence-corrected chi connectivity index (χ3v) is 7.21. The lowest BCUT2D eigenvalue weighted by atomic mass is 9.87. The van der Waals surface area contributed by atoms with Crippen LogP contribution in [0.5, 0.6) is 0 Å². The third-order valence-electron chi connectivity index (χ3n) is 7.21. The van der Waals surface area contributed by atoms with Gasteiger partial charge in [0.25, 0.3) is 0 Å². The Hall–Kier alpha value is -3.59. The van der Waals surface area contributed by atoms with Gasteiger partial charge in [0.1, 0.15) is 11.5 Å². The Balaban J connectivity index is 1.37. The Labute approximate surface area is 203 Å². The molecule has 4 aromatic heterocycles. The summed E-state index contributed by atoms with van der Waals surface area (Å²) in [5.74, 6) is 1.56. The number of nitrogens with one attached hydrogen (secondary N) is 2. The Morgan fingerprint density at radius 2 is 1.97 bits per heavy atom. The van der Waals surface area contributed by atoms with Crippen LogP contribution < -0.4 is 10.6 Å². The molecule has 2 aliphatic rings. The van der Waals surface area contributed by atoms with Crippen LogP contribution in [0.2, 0.25) is 0 Å². The molecule has 6 rings (SSSR count). The molecule has 1 atom stereocenters. The van der Waals surface area contributed by atoms with E-state index in [-0.39, 0.29) is 5.97 Å². The predicted octanol–water partition coefficient (Wildman–Crippen LogP) is 4.58. The number of fused-ring (bicyclic) bond motifs is 4. The Morgan fingerprint density at radius 1 is 1.11 bits per heavy atom.